The summed E-state index contributed by atoms with van der Waals surface area (Å²) >= 11 is 0. The standard InChI is InChI=1S/C15H21N3O/c1-10(2)11(3)16-15(19)9-8-14-17-12-6-4-5-7-13(12)18-14/h4-7,10-11H,8-9H2,1-3H3,(H,16,19)(H,17,18). The molecular formula is C15H21N3O. The van der Waals surface area contributed by atoms with Gasteiger partial charge in [-0.2, -0.15) is 0 Å². The minimum atomic E-state index is 0.0849. The van der Waals surface area contributed by atoms with Gasteiger partial charge in [-0.25, -0.2) is 4.98 Å². The van der Waals surface area contributed by atoms with Crippen molar-refractivity contribution in [3.05, 3.63) is 30.1 Å². The Morgan fingerprint density at radius 2 is 2.05 bits per heavy atom. The van der Waals surface area contributed by atoms with Crippen LogP contribution in [0.3, 0.4) is 0 Å². The first-order valence-electron chi connectivity index (χ1n) is 6.79. The molecule has 2 N–H and O–H groups in total. The summed E-state index contributed by atoms with van der Waals surface area (Å²) < 4.78 is 0. The van der Waals surface area contributed by atoms with Crippen molar-refractivity contribution in [3.8, 4) is 0 Å². The predicted molar refractivity (Wildman–Crippen MR) is 76.9 cm³/mol. The van der Waals surface area contributed by atoms with Crippen LogP contribution in [0, 0.1) is 5.92 Å². The molecule has 2 aromatic rings. The third-order valence-electron chi connectivity index (χ3n) is 3.42. The fraction of sp³-hybridized carbons (Fsp3) is 0.467. The zero-order valence-corrected chi connectivity index (χ0v) is 11.7. The van der Waals surface area contributed by atoms with Crippen LogP contribution >= 0.6 is 0 Å². The van der Waals surface area contributed by atoms with Crippen molar-refractivity contribution in [2.75, 3.05) is 0 Å². The molecule has 102 valence electrons. The number of aromatic nitrogens is 2. The summed E-state index contributed by atoms with van der Waals surface area (Å²) in [5.41, 5.74) is 1.97. The predicted octanol–water partition coefficient (Wildman–Crippen LogP) is 2.66. The number of imidazole rings is 1. The van der Waals surface area contributed by atoms with E-state index in [1.807, 2.05) is 31.2 Å². The molecule has 1 atom stereocenters. The molecule has 4 nitrogen and oxygen atoms in total. The average Bonchev–Trinajstić information content (AvgIpc) is 2.78. The van der Waals surface area contributed by atoms with E-state index in [0.29, 0.717) is 18.8 Å². The molecule has 1 unspecified atom stereocenters. The van der Waals surface area contributed by atoms with Crippen molar-refractivity contribution in [2.24, 2.45) is 5.92 Å². The molecule has 0 saturated heterocycles. The van der Waals surface area contributed by atoms with E-state index in [2.05, 4.69) is 29.1 Å². The van der Waals surface area contributed by atoms with Gasteiger partial charge in [0.05, 0.1) is 11.0 Å². The number of carbonyl (C=O) groups is 1. The number of nitrogens with zero attached hydrogens (tertiary/aromatic N) is 1. The summed E-state index contributed by atoms with van der Waals surface area (Å²) in [4.78, 5) is 19.5. The molecule has 19 heavy (non-hydrogen) atoms. The molecule has 0 aliphatic rings. The fourth-order valence-corrected chi connectivity index (χ4v) is 1.85. The van der Waals surface area contributed by atoms with Crippen molar-refractivity contribution >= 4 is 16.9 Å². The van der Waals surface area contributed by atoms with Gasteiger partial charge >= 0.3 is 0 Å². The van der Waals surface area contributed by atoms with Gasteiger partial charge in [-0.1, -0.05) is 26.0 Å². The minimum absolute atomic E-state index is 0.0849. The third-order valence-corrected chi connectivity index (χ3v) is 3.42. The van der Waals surface area contributed by atoms with E-state index in [1.165, 1.54) is 0 Å². The quantitative estimate of drug-likeness (QED) is 0.867. The molecule has 1 aromatic carbocycles. The lowest BCUT2D eigenvalue weighted by Gasteiger charge is -2.17. The van der Waals surface area contributed by atoms with Gasteiger partial charge in [0.1, 0.15) is 5.82 Å². The van der Waals surface area contributed by atoms with Crippen molar-refractivity contribution in [3.63, 3.8) is 0 Å². The monoisotopic (exact) mass is 259 g/mol. The van der Waals surface area contributed by atoms with Crippen molar-refractivity contribution in [2.45, 2.75) is 39.7 Å². The van der Waals surface area contributed by atoms with E-state index in [1.54, 1.807) is 0 Å². The van der Waals surface area contributed by atoms with Crippen LogP contribution in [0.25, 0.3) is 11.0 Å². The SMILES string of the molecule is CC(C)C(C)NC(=O)CCc1nc2ccccc2[nH]1. The number of rotatable bonds is 5. The number of H-pyrrole nitrogens is 1. The molecule has 4 heteroatoms. The molecule has 1 heterocycles. The zero-order valence-electron chi connectivity index (χ0n) is 11.7. The largest absolute Gasteiger partial charge is 0.353 e. The highest BCUT2D eigenvalue weighted by Crippen LogP contribution is 2.11. The van der Waals surface area contributed by atoms with Crippen molar-refractivity contribution in [1.82, 2.24) is 15.3 Å². The van der Waals surface area contributed by atoms with Gasteiger partial charge in [0.2, 0.25) is 5.91 Å². The van der Waals surface area contributed by atoms with Gasteiger partial charge in [-0.15, -0.1) is 0 Å². The molecule has 0 fully saturated rings. The van der Waals surface area contributed by atoms with E-state index in [4.69, 9.17) is 0 Å². The van der Waals surface area contributed by atoms with Gasteiger partial charge in [0.15, 0.2) is 0 Å². The van der Waals surface area contributed by atoms with Crippen LogP contribution in [0.2, 0.25) is 0 Å². The zero-order chi connectivity index (χ0) is 13.8. The maximum atomic E-state index is 11.8. The van der Waals surface area contributed by atoms with Crippen molar-refractivity contribution in [1.29, 1.82) is 0 Å². The van der Waals surface area contributed by atoms with Crippen LogP contribution in [0.1, 0.15) is 33.0 Å². The Morgan fingerprint density at radius 1 is 1.32 bits per heavy atom. The van der Waals surface area contributed by atoms with Gasteiger partial charge in [0.25, 0.3) is 0 Å². The molecule has 0 saturated carbocycles. The summed E-state index contributed by atoms with van der Waals surface area (Å²) in [6.45, 7) is 6.23. The maximum Gasteiger partial charge on any atom is 0.220 e. The van der Waals surface area contributed by atoms with Gasteiger partial charge in [0, 0.05) is 18.9 Å². The van der Waals surface area contributed by atoms with Crippen LogP contribution in [-0.4, -0.2) is 21.9 Å². The van der Waals surface area contributed by atoms with Crippen LogP contribution in [0.4, 0.5) is 0 Å². The Kier molecular flexibility index (Phi) is 4.20. The number of aryl methyl sites for hydroxylation is 1. The number of para-hydroxylation sites is 2. The first kappa shape index (κ1) is 13.6. The lowest BCUT2D eigenvalue weighted by molar-refractivity contribution is -0.121. The fourth-order valence-electron chi connectivity index (χ4n) is 1.85. The molecule has 1 aromatic heterocycles. The molecule has 0 aliphatic heterocycles. The molecular weight excluding hydrogens is 238 g/mol. The minimum Gasteiger partial charge on any atom is -0.353 e. The van der Waals surface area contributed by atoms with Gasteiger partial charge in [-0.3, -0.25) is 4.79 Å². The van der Waals surface area contributed by atoms with Crippen LogP contribution in [0.15, 0.2) is 24.3 Å². The first-order chi connectivity index (χ1) is 9.06. The topological polar surface area (TPSA) is 57.8 Å². The molecule has 2 rings (SSSR count). The number of fused-ring (bicyclic) bond motifs is 1. The lowest BCUT2D eigenvalue weighted by atomic mass is 10.1. The maximum absolute atomic E-state index is 11.8. The lowest BCUT2D eigenvalue weighted by Crippen LogP contribution is -2.36. The second-order valence-corrected chi connectivity index (χ2v) is 5.30. The van der Waals surface area contributed by atoms with E-state index in [9.17, 15) is 4.79 Å². The number of hydrogen-bond donors (Lipinski definition) is 2. The summed E-state index contributed by atoms with van der Waals surface area (Å²) in [6.07, 6.45) is 1.11. The summed E-state index contributed by atoms with van der Waals surface area (Å²) in [5, 5.41) is 3.00. The summed E-state index contributed by atoms with van der Waals surface area (Å²) in [6, 6.07) is 8.11. The number of amides is 1. The Bertz CT molecular complexity index is 526. The number of benzene rings is 1. The van der Waals surface area contributed by atoms with Gasteiger partial charge < -0.3 is 10.3 Å². The highest BCUT2D eigenvalue weighted by Gasteiger charge is 2.11. The first-order valence-corrected chi connectivity index (χ1v) is 6.79. The molecule has 0 bridgehead atoms. The normalized spacial score (nSPS) is 12.8. The Hall–Kier alpha value is -1.84. The highest BCUT2D eigenvalue weighted by atomic mass is 16.1. The molecule has 0 spiro atoms. The van der Waals surface area contributed by atoms with E-state index in [-0.39, 0.29) is 11.9 Å². The Balaban J connectivity index is 1.90. The van der Waals surface area contributed by atoms with E-state index < -0.39 is 0 Å². The van der Waals surface area contributed by atoms with Crippen molar-refractivity contribution < 1.29 is 4.79 Å². The number of aromatic amines is 1. The van der Waals surface area contributed by atoms with E-state index in [0.717, 1.165) is 16.9 Å². The van der Waals surface area contributed by atoms with Gasteiger partial charge in [-0.05, 0) is 25.0 Å². The van der Waals surface area contributed by atoms with Crippen LogP contribution in [0.5, 0.6) is 0 Å². The number of hydrogen-bond acceptors (Lipinski definition) is 2. The second-order valence-electron chi connectivity index (χ2n) is 5.30. The number of carbonyl (C=O) groups excluding carboxylic acids is 1. The average molecular weight is 259 g/mol. The number of nitrogens with one attached hydrogen (secondary N) is 2. The second kappa shape index (κ2) is 5.87. The Morgan fingerprint density at radius 3 is 2.74 bits per heavy atom. The van der Waals surface area contributed by atoms with Crippen LogP contribution < -0.4 is 5.32 Å². The summed E-state index contributed by atoms with van der Waals surface area (Å²) in [5.74, 6) is 1.41. The third kappa shape index (κ3) is 3.56. The molecule has 1 amide bonds. The van der Waals surface area contributed by atoms with E-state index >= 15 is 0 Å². The van der Waals surface area contributed by atoms with Crippen LogP contribution in [-0.2, 0) is 11.2 Å². The molecule has 0 radical (unpaired) electrons. The summed E-state index contributed by atoms with van der Waals surface area (Å²) in [7, 11) is 0. The molecule has 0 aliphatic carbocycles. The smallest absolute Gasteiger partial charge is 0.220 e. The highest BCUT2D eigenvalue weighted by molar-refractivity contribution is 5.77. The Labute approximate surface area is 113 Å².